The molecule has 0 unspecified atom stereocenters. The minimum Gasteiger partial charge on any atom is -0.480 e. The van der Waals surface area contributed by atoms with Gasteiger partial charge >= 0.3 is 11.7 Å². The highest BCUT2D eigenvalue weighted by Crippen LogP contribution is 2.21. The van der Waals surface area contributed by atoms with Crippen LogP contribution in [0.5, 0.6) is 0 Å². The van der Waals surface area contributed by atoms with Crippen molar-refractivity contribution in [3.63, 3.8) is 0 Å². The van der Waals surface area contributed by atoms with Crippen molar-refractivity contribution in [2.75, 3.05) is 0 Å². The first kappa shape index (κ1) is 15.6. The van der Waals surface area contributed by atoms with Crippen molar-refractivity contribution in [3.05, 3.63) is 21.5 Å². The third-order valence-corrected chi connectivity index (χ3v) is 2.86. The van der Waals surface area contributed by atoms with Crippen molar-refractivity contribution >= 4 is 17.6 Å². The van der Waals surface area contributed by atoms with E-state index in [1.807, 2.05) is 0 Å². The van der Waals surface area contributed by atoms with Crippen molar-refractivity contribution in [1.82, 2.24) is 15.1 Å². The molecule has 1 aromatic rings. The second kappa shape index (κ2) is 6.13. The van der Waals surface area contributed by atoms with E-state index in [9.17, 15) is 19.7 Å². The van der Waals surface area contributed by atoms with Crippen LogP contribution in [0.1, 0.15) is 24.7 Å². The van der Waals surface area contributed by atoms with Crippen LogP contribution in [0, 0.1) is 24.0 Å². The van der Waals surface area contributed by atoms with Gasteiger partial charge in [0.25, 0.3) is 0 Å². The fourth-order valence-corrected chi connectivity index (χ4v) is 1.82. The number of aliphatic carboxylic acids is 1. The highest BCUT2D eigenvalue weighted by atomic mass is 16.6. The molecule has 0 saturated carbocycles. The van der Waals surface area contributed by atoms with Crippen LogP contribution in [0.25, 0.3) is 0 Å². The number of hydrogen-bond donors (Lipinski definition) is 2. The fraction of sp³-hybridized carbons (Fsp3) is 0.545. The Kier molecular flexibility index (Phi) is 4.78. The van der Waals surface area contributed by atoms with Crippen molar-refractivity contribution in [2.45, 2.75) is 39.8 Å². The van der Waals surface area contributed by atoms with Crippen LogP contribution in [-0.2, 0) is 16.1 Å². The Bertz CT molecular complexity index is 551. The quantitative estimate of drug-likeness (QED) is 0.574. The number of amides is 1. The number of carboxylic acids is 1. The van der Waals surface area contributed by atoms with Crippen molar-refractivity contribution in [2.24, 2.45) is 0 Å². The lowest BCUT2D eigenvalue weighted by atomic mass is 10.2. The highest BCUT2D eigenvalue weighted by molar-refractivity contribution is 5.83. The van der Waals surface area contributed by atoms with Crippen molar-refractivity contribution in [3.8, 4) is 0 Å². The van der Waals surface area contributed by atoms with Gasteiger partial charge < -0.3 is 10.4 Å². The Hall–Kier alpha value is -2.45. The topological polar surface area (TPSA) is 127 Å². The molecule has 20 heavy (non-hydrogen) atoms. The number of carbonyl (C=O) groups excluding carboxylic acids is 1. The molecule has 0 aliphatic heterocycles. The number of rotatable bonds is 6. The number of carbonyl (C=O) groups is 2. The first-order chi connectivity index (χ1) is 9.27. The van der Waals surface area contributed by atoms with Gasteiger partial charge in [0.2, 0.25) is 5.91 Å². The van der Waals surface area contributed by atoms with E-state index >= 15 is 0 Å². The summed E-state index contributed by atoms with van der Waals surface area (Å²) < 4.78 is 1.19. The van der Waals surface area contributed by atoms with Crippen LogP contribution in [-0.4, -0.2) is 37.7 Å². The van der Waals surface area contributed by atoms with Gasteiger partial charge in [-0.2, -0.15) is 5.10 Å². The summed E-state index contributed by atoms with van der Waals surface area (Å²) in [4.78, 5) is 32.8. The van der Waals surface area contributed by atoms with Gasteiger partial charge in [0.05, 0.1) is 4.92 Å². The number of nitrogens with zero attached hydrogens (tertiary/aromatic N) is 3. The molecule has 0 radical (unpaired) electrons. The lowest BCUT2D eigenvalue weighted by Crippen LogP contribution is -2.42. The number of carboxylic acid groups (broad SMARTS) is 1. The zero-order valence-corrected chi connectivity index (χ0v) is 11.4. The minimum absolute atomic E-state index is 0.136. The van der Waals surface area contributed by atoms with Crippen LogP contribution < -0.4 is 5.32 Å². The summed E-state index contributed by atoms with van der Waals surface area (Å²) in [5, 5.41) is 25.9. The molecular formula is C11H16N4O5. The van der Waals surface area contributed by atoms with Crippen LogP contribution in [0.4, 0.5) is 5.69 Å². The smallest absolute Gasteiger partial charge is 0.326 e. The molecule has 0 aliphatic carbocycles. The molecule has 1 heterocycles. The van der Waals surface area contributed by atoms with Gasteiger partial charge in [-0.25, -0.2) is 4.79 Å². The molecule has 110 valence electrons. The third-order valence-electron chi connectivity index (χ3n) is 2.86. The van der Waals surface area contributed by atoms with Gasteiger partial charge in [-0.3, -0.25) is 19.6 Å². The average molecular weight is 284 g/mol. The van der Waals surface area contributed by atoms with Gasteiger partial charge in [-0.05, 0) is 20.3 Å². The Morgan fingerprint density at radius 1 is 1.50 bits per heavy atom. The first-order valence-electron chi connectivity index (χ1n) is 5.98. The van der Waals surface area contributed by atoms with E-state index in [0.717, 1.165) is 0 Å². The van der Waals surface area contributed by atoms with Crippen LogP contribution in [0.2, 0.25) is 0 Å². The number of aryl methyl sites for hydroxylation is 1. The fourth-order valence-electron chi connectivity index (χ4n) is 1.82. The van der Waals surface area contributed by atoms with Crippen molar-refractivity contribution < 1.29 is 19.6 Å². The molecule has 1 aromatic heterocycles. The molecule has 1 rings (SSSR count). The molecule has 1 amide bonds. The van der Waals surface area contributed by atoms with Gasteiger partial charge in [0, 0.05) is 0 Å². The second-order valence-corrected chi connectivity index (χ2v) is 4.30. The van der Waals surface area contributed by atoms with E-state index in [-0.39, 0.29) is 30.0 Å². The van der Waals surface area contributed by atoms with E-state index in [1.165, 1.54) is 18.5 Å². The predicted molar refractivity (Wildman–Crippen MR) is 68.2 cm³/mol. The molecule has 0 aliphatic rings. The molecular weight excluding hydrogens is 268 g/mol. The lowest BCUT2D eigenvalue weighted by Gasteiger charge is -2.12. The largest absolute Gasteiger partial charge is 0.480 e. The number of nitro groups is 1. The highest BCUT2D eigenvalue weighted by Gasteiger charge is 2.24. The van der Waals surface area contributed by atoms with E-state index in [2.05, 4.69) is 10.4 Å². The number of nitrogens with one attached hydrogen (secondary N) is 1. The zero-order valence-electron chi connectivity index (χ0n) is 11.4. The monoisotopic (exact) mass is 284 g/mol. The summed E-state index contributed by atoms with van der Waals surface area (Å²) in [6, 6.07) is -0.977. The summed E-state index contributed by atoms with van der Waals surface area (Å²) in [6.07, 6.45) is 0.248. The van der Waals surface area contributed by atoms with E-state index in [1.54, 1.807) is 6.92 Å². The van der Waals surface area contributed by atoms with Gasteiger partial charge in [-0.15, -0.1) is 0 Å². The van der Waals surface area contributed by atoms with Gasteiger partial charge in [-0.1, -0.05) is 6.92 Å². The van der Waals surface area contributed by atoms with Crippen molar-refractivity contribution in [1.29, 1.82) is 0 Å². The standard InChI is InChI=1S/C11H16N4O5/c1-4-8(11(17)18)12-9(16)5-14-7(3)10(15(19)20)6(2)13-14/h8H,4-5H2,1-3H3,(H,12,16)(H,17,18)/t8-/m1/s1. The lowest BCUT2D eigenvalue weighted by molar-refractivity contribution is -0.386. The summed E-state index contributed by atoms with van der Waals surface area (Å²) >= 11 is 0. The average Bonchev–Trinajstić information content (AvgIpc) is 2.60. The third kappa shape index (κ3) is 3.31. The van der Waals surface area contributed by atoms with E-state index < -0.39 is 22.8 Å². The normalized spacial score (nSPS) is 11.9. The summed E-state index contributed by atoms with van der Waals surface area (Å²) in [6.45, 7) is 4.34. The molecule has 0 bridgehead atoms. The molecule has 9 nitrogen and oxygen atoms in total. The minimum atomic E-state index is -1.12. The first-order valence-corrected chi connectivity index (χ1v) is 5.98. The number of hydrogen-bond acceptors (Lipinski definition) is 5. The van der Waals surface area contributed by atoms with Crippen LogP contribution >= 0.6 is 0 Å². The molecule has 0 fully saturated rings. The predicted octanol–water partition coefficient (Wildman–Crippen LogP) is 0.388. The Morgan fingerprint density at radius 3 is 2.50 bits per heavy atom. The summed E-state index contributed by atoms with van der Waals surface area (Å²) in [7, 11) is 0. The summed E-state index contributed by atoms with van der Waals surface area (Å²) in [5.41, 5.74) is 0.333. The molecule has 0 saturated heterocycles. The van der Waals surface area contributed by atoms with Gasteiger partial charge in [0.1, 0.15) is 24.0 Å². The summed E-state index contributed by atoms with van der Waals surface area (Å²) in [5.74, 6) is -1.68. The van der Waals surface area contributed by atoms with E-state index in [4.69, 9.17) is 5.11 Å². The Labute approximate surface area is 114 Å². The SMILES string of the molecule is CC[C@@H](NC(=O)Cn1nc(C)c([N+](=O)[O-])c1C)C(=O)O. The molecule has 2 N–H and O–H groups in total. The maximum Gasteiger partial charge on any atom is 0.326 e. The Morgan fingerprint density at radius 2 is 2.10 bits per heavy atom. The number of aromatic nitrogens is 2. The van der Waals surface area contributed by atoms with E-state index in [0.29, 0.717) is 0 Å². The molecule has 1 atom stereocenters. The molecule has 0 spiro atoms. The molecule has 0 aromatic carbocycles. The van der Waals surface area contributed by atoms with Crippen LogP contribution in [0.15, 0.2) is 0 Å². The maximum atomic E-state index is 11.7. The van der Waals surface area contributed by atoms with Gasteiger partial charge in [0.15, 0.2) is 0 Å². The van der Waals surface area contributed by atoms with Crippen LogP contribution in [0.3, 0.4) is 0 Å². The Balaban J connectivity index is 2.84. The second-order valence-electron chi connectivity index (χ2n) is 4.30. The molecule has 9 heteroatoms. The zero-order chi connectivity index (χ0) is 15.4. The maximum absolute atomic E-state index is 11.7.